The van der Waals surface area contributed by atoms with Crippen LogP contribution in [0.2, 0.25) is 5.02 Å². The van der Waals surface area contributed by atoms with E-state index < -0.39 is 11.7 Å². The highest BCUT2D eigenvalue weighted by atomic mass is 79.9. The predicted molar refractivity (Wildman–Crippen MR) is 191 cm³/mol. The predicted octanol–water partition coefficient (Wildman–Crippen LogP) is 10.1. The number of alkyl halides is 3. The van der Waals surface area contributed by atoms with Crippen molar-refractivity contribution >= 4 is 44.8 Å². The minimum atomic E-state index is -4.54. The maximum Gasteiger partial charge on any atom is 0.417 e. The van der Waals surface area contributed by atoms with Crippen molar-refractivity contribution in [2.75, 3.05) is 19.7 Å². The standard InChI is InChI=1S/C38H35BrClF3N2O2S/c39-35-19-18-32(48-35)24-44-36(46)23-27-10-7-16-31(22-27)47-21-9-20-45(25-30-15-8-17-34(37(30)40)38(41,42)43)26-33(28-11-3-1-4-12-28)29-13-5-2-6-14-29/h1-8,10-19,22,33H,9,20-21,23-26H2,(H,44,46). The number of benzene rings is 4. The van der Waals surface area contributed by atoms with Gasteiger partial charge in [-0.2, -0.15) is 13.2 Å². The van der Waals surface area contributed by atoms with E-state index in [2.05, 4.69) is 50.4 Å². The summed E-state index contributed by atoms with van der Waals surface area (Å²) in [6.45, 7) is 2.23. The van der Waals surface area contributed by atoms with Crippen molar-refractivity contribution in [3.63, 3.8) is 0 Å². The van der Waals surface area contributed by atoms with E-state index in [-0.39, 0.29) is 29.8 Å². The van der Waals surface area contributed by atoms with Crippen molar-refractivity contribution in [3.05, 3.63) is 157 Å². The lowest BCUT2D eigenvalue weighted by atomic mass is 9.90. The number of hydrogen-bond donors (Lipinski definition) is 1. The monoisotopic (exact) mass is 754 g/mol. The molecule has 0 unspecified atom stereocenters. The Morgan fingerprint density at radius 2 is 1.58 bits per heavy atom. The van der Waals surface area contributed by atoms with Crippen LogP contribution in [0.5, 0.6) is 5.75 Å². The zero-order chi connectivity index (χ0) is 33.9. The summed E-state index contributed by atoms with van der Waals surface area (Å²) in [5.41, 5.74) is 2.66. The number of rotatable bonds is 15. The van der Waals surface area contributed by atoms with E-state index in [0.717, 1.165) is 31.4 Å². The molecule has 5 aromatic rings. The molecule has 0 radical (unpaired) electrons. The van der Waals surface area contributed by atoms with Gasteiger partial charge in [0, 0.05) is 30.4 Å². The Balaban J connectivity index is 1.25. The molecule has 10 heteroatoms. The van der Waals surface area contributed by atoms with Crippen LogP contribution in [0.15, 0.2) is 119 Å². The quantitative estimate of drug-likeness (QED) is 0.108. The van der Waals surface area contributed by atoms with Crippen LogP contribution in [-0.4, -0.2) is 30.5 Å². The van der Waals surface area contributed by atoms with Gasteiger partial charge in [-0.1, -0.05) is 96.5 Å². The van der Waals surface area contributed by atoms with Gasteiger partial charge in [-0.3, -0.25) is 9.69 Å². The fourth-order valence-electron chi connectivity index (χ4n) is 5.53. The Kier molecular flexibility index (Phi) is 12.7. The smallest absolute Gasteiger partial charge is 0.417 e. The number of nitrogens with zero attached hydrogens (tertiary/aromatic N) is 1. The number of carbonyl (C=O) groups excluding carboxylic acids is 1. The second kappa shape index (κ2) is 17.2. The van der Waals surface area contributed by atoms with E-state index in [1.807, 2.05) is 72.8 Å². The summed E-state index contributed by atoms with van der Waals surface area (Å²) >= 11 is 11.4. The lowest BCUT2D eigenvalue weighted by molar-refractivity contribution is -0.137. The number of amides is 1. The molecule has 4 aromatic carbocycles. The van der Waals surface area contributed by atoms with Crippen molar-refractivity contribution in [3.8, 4) is 5.75 Å². The Morgan fingerprint density at radius 1 is 0.896 bits per heavy atom. The Bertz CT molecular complexity index is 1730. The molecule has 0 aliphatic rings. The van der Waals surface area contributed by atoms with Crippen molar-refractivity contribution in [2.45, 2.75) is 38.0 Å². The van der Waals surface area contributed by atoms with Gasteiger partial charge >= 0.3 is 6.18 Å². The lowest BCUT2D eigenvalue weighted by Gasteiger charge is -2.29. The van der Waals surface area contributed by atoms with E-state index in [9.17, 15) is 18.0 Å². The number of halogens is 5. The molecule has 0 fully saturated rings. The number of thiophene rings is 1. The number of hydrogen-bond acceptors (Lipinski definition) is 4. The molecule has 1 amide bonds. The molecule has 0 saturated carbocycles. The van der Waals surface area contributed by atoms with Crippen molar-refractivity contribution in [1.82, 2.24) is 10.2 Å². The highest BCUT2D eigenvalue weighted by Crippen LogP contribution is 2.37. The molecule has 0 spiro atoms. The van der Waals surface area contributed by atoms with E-state index in [0.29, 0.717) is 44.0 Å². The molecule has 250 valence electrons. The van der Waals surface area contributed by atoms with Gasteiger partial charge in [-0.15, -0.1) is 11.3 Å². The van der Waals surface area contributed by atoms with Gasteiger partial charge in [-0.05, 0) is 74.9 Å². The Hall–Kier alpha value is -3.63. The minimum Gasteiger partial charge on any atom is -0.494 e. The fourth-order valence-corrected chi connectivity index (χ4v) is 7.25. The second-order valence-electron chi connectivity index (χ2n) is 11.4. The van der Waals surface area contributed by atoms with E-state index in [4.69, 9.17) is 16.3 Å². The number of ether oxygens (including phenoxy) is 1. The SMILES string of the molecule is O=C(Cc1cccc(OCCCN(Cc2cccc(C(F)(F)F)c2Cl)CC(c2ccccc2)c2ccccc2)c1)NCc1ccc(Br)s1. The summed E-state index contributed by atoms with van der Waals surface area (Å²) in [4.78, 5) is 15.8. The highest BCUT2D eigenvalue weighted by molar-refractivity contribution is 9.11. The first-order chi connectivity index (χ1) is 23.2. The van der Waals surface area contributed by atoms with Crippen molar-refractivity contribution < 1.29 is 22.7 Å². The average Bonchev–Trinajstić information content (AvgIpc) is 3.50. The molecule has 1 N–H and O–H groups in total. The largest absolute Gasteiger partial charge is 0.494 e. The summed E-state index contributed by atoms with van der Waals surface area (Å²) in [6, 6.07) is 35.7. The van der Waals surface area contributed by atoms with Crippen molar-refractivity contribution in [1.29, 1.82) is 0 Å². The van der Waals surface area contributed by atoms with Gasteiger partial charge < -0.3 is 10.1 Å². The van der Waals surface area contributed by atoms with Crippen LogP contribution in [0.4, 0.5) is 13.2 Å². The van der Waals surface area contributed by atoms with E-state index in [1.54, 1.807) is 17.4 Å². The topological polar surface area (TPSA) is 41.6 Å². The van der Waals surface area contributed by atoms with Crippen LogP contribution in [0, 0.1) is 0 Å². The zero-order valence-electron chi connectivity index (χ0n) is 26.1. The average molecular weight is 756 g/mol. The maximum atomic E-state index is 13.7. The summed E-state index contributed by atoms with van der Waals surface area (Å²) in [5.74, 6) is 0.565. The Morgan fingerprint density at radius 3 is 2.23 bits per heavy atom. The third kappa shape index (κ3) is 10.4. The van der Waals surface area contributed by atoms with Crippen LogP contribution in [-0.2, 0) is 30.5 Å². The first-order valence-electron chi connectivity index (χ1n) is 15.5. The molecule has 1 heterocycles. The molecule has 4 nitrogen and oxygen atoms in total. The summed E-state index contributed by atoms with van der Waals surface area (Å²) in [7, 11) is 0. The highest BCUT2D eigenvalue weighted by Gasteiger charge is 2.34. The van der Waals surface area contributed by atoms with Crippen LogP contribution >= 0.6 is 38.9 Å². The second-order valence-corrected chi connectivity index (χ2v) is 14.3. The van der Waals surface area contributed by atoms with Gasteiger partial charge in [0.15, 0.2) is 0 Å². The summed E-state index contributed by atoms with van der Waals surface area (Å²) in [5, 5.41) is 2.68. The molecule has 5 rings (SSSR count). The van der Waals surface area contributed by atoms with Gasteiger partial charge in [0.1, 0.15) is 5.75 Å². The number of nitrogens with one attached hydrogen (secondary N) is 1. The lowest BCUT2D eigenvalue weighted by Crippen LogP contribution is -2.31. The van der Waals surface area contributed by atoms with Crippen LogP contribution in [0.25, 0.3) is 0 Å². The van der Waals surface area contributed by atoms with Gasteiger partial charge in [0.25, 0.3) is 0 Å². The molecular formula is C38H35BrClF3N2O2S. The Labute approximate surface area is 296 Å². The molecule has 0 bridgehead atoms. The van der Waals surface area contributed by atoms with Gasteiger partial charge in [0.2, 0.25) is 5.91 Å². The van der Waals surface area contributed by atoms with E-state index in [1.165, 1.54) is 6.07 Å². The van der Waals surface area contributed by atoms with Crippen molar-refractivity contribution in [2.24, 2.45) is 0 Å². The molecule has 0 aliphatic carbocycles. The molecule has 0 atom stereocenters. The van der Waals surface area contributed by atoms with Gasteiger partial charge in [-0.25, -0.2) is 0 Å². The first kappa shape index (κ1) is 35.7. The number of carbonyl (C=O) groups is 1. The van der Waals surface area contributed by atoms with Crippen LogP contribution in [0.3, 0.4) is 0 Å². The normalized spacial score (nSPS) is 11.6. The summed E-state index contributed by atoms with van der Waals surface area (Å²) < 4.78 is 48.2. The third-order valence-corrected chi connectivity index (χ3v) is 9.93. The van der Waals surface area contributed by atoms with Gasteiger partial charge in [0.05, 0.1) is 33.9 Å². The van der Waals surface area contributed by atoms with E-state index >= 15 is 0 Å². The zero-order valence-corrected chi connectivity index (χ0v) is 29.2. The molecule has 0 aliphatic heterocycles. The molecular weight excluding hydrogens is 721 g/mol. The fraction of sp³-hybridized carbons (Fsp3) is 0.237. The van der Waals surface area contributed by atoms with Crippen LogP contribution in [0.1, 0.15) is 45.0 Å². The third-order valence-electron chi connectivity index (χ3n) is 7.86. The molecule has 0 saturated heterocycles. The summed E-state index contributed by atoms with van der Waals surface area (Å²) in [6.07, 6.45) is -3.69. The minimum absolute atomic E-state index is 0.0120. The maximum absolute atomic E-state index is 13.7. The molecule has 48 heavy (non-hydrogen) atoms. The van der Waals surface area contributed by atoms with Crippen LogP contribution < -0.4 is 10.1 Å². The molecule has 1 aromatic heterocycles. The first-order valence-corrected chi connectivity index (χ1v) is 17.5.